The molecule has 0 saturated heterocycles. The zero-order chi connectivity index (χ0) is 36.7. The van der Waals surface area contributed by atoms with Gasteiger partial charge in [0, 0.05) is 7.11 Å². The maximum Gasteiger partial charge on any atom is 0.0713 e. The lowest BCUT2D eigenvalue weighted by molar-refractivity contribution is 0.185. The summed E-state index contributed by atoms with van der Waals surface area (Å²) in [6.45, 7) is 22.3. The standard InChI is InChI=1S/C14H20.C13H18.C12H16.C10H12O/c1-3-5-6-7-8-14-11-9-13(4-2)10-12-14;1-3-5-6-7-13-10-8-12(4-2)9-11-13;1-3-5-6-12-9-7-11(4-2)8-10-12;1-3-9-4-6-10(7-5-9)8-11-2/h4,9-12H,2-3,5-8H2,1H3;4,8-11H,2-3,5-7H2,1H3;4,7-10H,2-3,5-6H2,1H3;3-7H,1,8H2,2H3. The van der Waals surface area contributed by atoms with Crippen molar-refractivity contribution in [2.75, 3.05) is 7.11 Å². The summed E-state index contributed by atoms with van der Waals surface area (Å²) < 4.78 is 4.98. The van der Waals surface area contributed by atoms with E-state index in [4.69, 9.17) is 4.74 Å². The second kappa shape index (κ2) is 29.7. The Bertz CT molecular complexity index is 1410. The lowest BCUT2D eigenvalue weighted by Gasteiger charge is -2.01. The van der Waals surface area contributed by atoms with Crippen molar-refractivity contribution in [2.45, 2.75) is 104 Å². The van der Waals surface area contributed by atoms with Crippen LogP contribution in [0.5, 0.6) is 0 Å². The molecule has 0 fully saturated rings. The van der Waals surface area contributed by atoms with Crippen LogP contribution in [-0.4, -0.2) is 7.11 Å². The van der Waals surface area contributed by atoms with Gasteiger partial charge in [0.2, 0.25) is 0 Å². The third-order valence-corrected chi connectivity index (χ3v) is 8.38. The summed E-state index contributed by atoms with van der Waals surface area (Å²) in [7, 11) is 1.70. The van der Waals surface area contributed by atoms with Gasteiger partial charge in [-0.25, -0.2) is 0 Å². The summed E-state index contributed by atoms with van der Waals surface area (Å²) in [5.41, 5.74) is 10.3. The second-order valence-corrected chi connectivity index (χ2v) is 12.6. The fourth-order valence-corrected chi connectivity index (χ4v) is 5.09. The summed E-state index contributed by atoms with van der Waals surface area (Å²) >= 11 is 0. The van der Waals surface area contributed by atoms with E-state index < -0.39 is 0 Å². The van der Waals surface area contributed by atoms with E-state index in [0.29, 0.717) is 6.61 Å². The van der Waals surface area contributed by atoms with Gasteiger partial charge < -0.3 is 4.74 Å². The molecule has 4 rings (SSSR count). The Kier molecular flexibility index (Phi) is 26.0. The third kappa shape index (κ3) is 21.0. The van der Waals surface area contributed by atoms with Gasteiger partial charge in [0.25, 0.3) is 0 Å². The fourth-order valence-electron chi connectivity index (χ4n) is 5.09. The predicted octanol–water partition coefficient (Wildman–Crippen LogP) is 14.7. The average molecular weight is 671 g/mol. The number of hydrogen-bond acceptors (Lipinski definition) is 1. The first kappa shape index (κ1) is 43.8. The van der Waals surface area contributed by atoms with Crippen LogP contribution in [0.2, 0.25) is 0 Å². The molecule has 268 valence electrons. The highest BCUT2D eigenvalue weighted by atomic mass is 16.5. The molecule has 0 N–H and O–H groups in total. The van der Waals surface area contributed by atoms with Crippen LogP contribution in [0.15, 0.2) is 123 Å². The minimum atomic E-state index is 0.678. The molecule has 0 saturated carbocycles. The molecule has 4 aromatic rings. The average Bonchev–Trinajstić information content (AvgIpc) is 3.18. The largest absolute Gasteiger partial charge is 0.380 e. The molecule has 0 bridgehead atoms. The van der Waals surface area contributed by atoms with E-state index in [1.165, 1.54) is 116 Å². The highest BCUT2D eigenvalue weighted by Gasteiger charge is 1.95. The van der Waals surface area contributed by atoms with Crippen molar-refractivity contribution in [3.8, 4) is 0 Å². The zero-order valence-electron chi connectivity index (χ0n) is 32.0. The van der Waals surface area contributed by atoms with Gasteiger partial charge in [-0.3, -0.25) is 0 Å². The molecule has 0 unspecified atom stereocenters. The van der Waals surface area contributed by atoms with E-state index in [0.717, 1.165) is 5.56 Å². The van der Waals surface area contributed by atoms with E-state index >= 15 is 0 Å². The topological polar surface area (TPSA) is 9.23 Å². The van der Waals surface area contributed by atoms with Crippen LogP contribution < -0.4 is 0 Å². The Morgan fingerprint density at radius 1 is 0.380 bits per heavy atom. The smallest absolute Gasteiger partial charge is 0.0713 e. The van der Waals surface area contributed by atoms with E-state index in [-0.39, 0.29) is 0 Å². The van der Waals surface area contributed by atoms with Crippen LogP contribution in [0, 0.1) is 0 Å². The van der Waals surface area contributed by atoms with Gasteiger partial charge in [0.1, 0.15) is 0 Å². The molecule has 0 heterocycles. The highest BCUT2D eigenvalue weighted by molar-refractivity contribution is 5.49. The Morgan fingerprint density at radius 2 is 0.660 bits per heavy atom. The second-order valence-electron chi connectivity index (χ2n) is 12.6. The van der Waals surface area contributed by atoms with Crippen LogP contribution in [0.1, 0.15) is 123 Å². The van der Waals surface area contributed by atoms with Gasteiger partial charge in [0.05, 0.1) is 6.61 Å². The van der Waals surface area contributed by atoms with E-state index in [9.17, 15) is 0 Å². The number of rotatable bonds is 18. The summed E-state index contributed by atoms with van der Waals surface area (Å²) in [5.74, 6) is 0. The first-order valence-electron chi connectivity index (χ1n) is 18.8. The summed E-state index contributed by atoms with van der Waals surface area (Å²) in [5, 5.41) is 0. The maximum absolute atomic E-state index is 4.98. The Hall–Kier alpha value is -4.20. The van der Waals surface area contributed by atoms with Gasteiger partial charge in [-0.05, 0) is 83.0 Å². The molecule has 0 atom stereocenters. The van der Waals surface area contributed by atoms with Crippen LogP contribution in [0.3, 0.4) is 0 Å². The molecule has 50 heavy (non-hydrogen) atoms. The van der Waals surface area contributed by atoms with Crippen molar-refractivity contribution in [2.24, 2.45) is 0 Å². The number of unbranched alkanes of at least 4 members (excludes halogenated alkanes) is 6. The minimum absolute atomic E-state index is 0.678. The molecule has 0 aliphatic heterocycles. The van der Waals surface area contributed by atoms with Crippen molar-refractivity contribution in [1.29, 1.82) is 0 Å². The molecule has 1 heteroatoms. The first-order valence-corrected chi connectivity index (χ1v) is 18.8. The van der Waals surface area contributed by atoms with Crippen LogP contribution in [-0.2, 0) is 30.6 Å². The number of benzene rings is 4. The van der Waals surface area contributed by atoms with Crippen molar-refractivity contribution < 1.29 is 4.74 Å². The molecule has 1 nitrogen and oxygen atoms in total. The van der Waals surface area contributed by atoms with Gasteiger partial charge in [0.15, 0.2) is 0 Å². The van der Waals surface area contributed by atoms with Crippen molar-refractivity contribution in [1.82, 2.24) is 0 Å². The summed E-state index contributed by atoms with van der Waals surface area (Å²) in [4.78, 5) is 0. The van der Waals surface area contributed by atoms with Crippen molar-refractivity contribution in [3.63, 3.8) is 0 Å². The molecule has 0 radical (unpaired) electrons. The van der Waals surface area contributed by atoms with Crippen LogP contribution in [0.4, 0.5) is 0 Å². The van der Waals surface area contributed by atoms with Gasteiger partial charge in [-0.2, -0.15) is 0 Å². The Morgan fingerprint density at radius 3 is 0.960 bits per heavy atom. The molecule has 0 aromatic heterocycles. The first-order chi connectivity index (χ1) is 24.5. The molecular weight excluding hydrogens is 605 g/mol. The van der Waals surface area contributed by atoms with Crippen LogP contribution >= 0.6 is 0 Å². The van der Waals surface area contributed by atoms with Crippen LogP contribution in [0.25, 0.3) is 24.3 Å². The van der Waals surface area contributed by atoms with Crippen molar-refractivity contribution in [3.05, 3.63) is 168 Å². The molecule has 0 aliphatic rings. The van der Waals surface area contributed by atoms with E-state index in [1.54, 1.807) is 7.11 Å². The van der Waals surface area contributed by atoms with Gasteiger partial charge in [-0.1, -0.05) is 207 Å². The lowest BCUT2D eigenvalue weighted by Crippen LogP contribution is -1.85. The molecule has 0 spiro atoms. The third-order valence-electron chi connectivity index (χ3n) is 8.38. The SMILES string of the molecule is C=Cc1ccc(CCCC)cc1.C=Cc1ccc(CCCCC)cc1.C=Cc1ccc(CCCCCC)cc1.C=Cc1ccc(COC)cc1. The molecular formula is C49H66O. The van der Waals surface area contributed by atoms with Crippen molar-refractivity contribution >= 4 is 24.3 Å². The number of ether oxygens (including phenoxy) is 1. The maximum atomic E-state index is 4.98. The Labute approximate surface area is 307 Å². The Balaban J connectivity index is 0.000000335. The number of methoxy groups -OCH3 is 1. The minimum Gasteiger partial charge on any atom is -0.380 e. The van der Waals surface area contributed by atoms with E-state index in [1.807, 2.05) is 48.6 Å². The van der Waals surface area contributed by atoms with Gasteiger partial charge >= 0.3 is 0 Å². The quantitative estimate of drug-likeness (QED) is 0.0957. The monoisotopic (exact) mass is 671 g/mol. The zero-order valence-corrected chi connectivity index (χ0v) is 32.0. The number of hydrogen-bond donors (Lipinski definition) is 0. The normalized spacial score (nSPS) is 9.84. The molecule has 4 aromatic carbocycles. The predicted molar refractivity (Wildman–Crippen MR) is 227 cm³/mol. The van der Waals surface area contributed by atoms with Gasteiger partial charge in [-0.15, -0.1) is 0 Å². The molecule has 0 amide bonds. The fraction of sp³-hybridized carbons (Fsp3) is 0.347. The summed E-state index contributed by atoms with van der Waals surface area (Å²) in [6, 6.07) is 34.1. The summed E-state index contributed by atoms with van der Waals surface area (Å²) in [6.07, 6.45) is 23.0. The highest BCUT2D eigenvalue weighted by Crippen LogP contribution is 2.12. The lowest BCUT2D eigenvalue weighted by atomic mass is 10.0. The van der Waals surface area contributed by atoms with E-state index in [2.05, 4.69) is 120 Å². The molecule has 0 aliphatic carbocycles. The number of aryl methyl sites for hydroxylation is 3.